The van der Waals surface area contributed by atoms with E-state index in [0.717, 1.165) is 17.0 Å². The zero-order valence-corrected chi connectivity index (χ0v) is 24.3. The van der Waals surface area contributed by atoms with E-state index in [1.54, 1.807) is 56.6 Å². The second-order valence-corrected chi connectivity index (χ2v) is 10.1. The van der Waals surface area contributed by atoms with Gasteiger partial charge in [-0.15, -0.1) is 0 Å². The van der Waals surface area contributed by atoms with E-state index in [-0.39, 0.29) is 24.7 Å². The van der Waals surface area contributed by atoms with Crippen LogP contribution in [0.4, 0.5) is 5.82 Å². The molecule has 11 heteroatoms. The maximum Gasteiger partial charge on any atom is 0.336 e. The number of ether oxygens (including phenoxy) is 2. The summed E-state index contributed by atoms with van der Waals surface area (Å²) in [6, 6.07) is 16.2. The number of anilines is 1. The summed E-state index contributed by atoms with van der Waals surface area (Å²) in [6.07, 6.45) is 3.32. The summed E-state index contributed by atoms with van der Waals surface area (Å²) in [4.78, 5) is 45.2. The molecule has 42 heavy (non-hydrogen) atoms. The lowest BCUT2D eigenvalue weighted by molar-refractivity contribution is -0.139. The molecule has 0 saturated carbocycles. The minimum Gasteiger partial charge on any atom is -0.463 e. The minimum absolute atomic E-state index is 0.0279. The summed E-state index contributed by atoms with van der Waals surface area (Å²) in [5, 5.41) is 3.28. The Morgan fingerprint density at radius 3 is 2.57 bits per heavy atom. The first kappa shape index (κ1) is 29.1. The average molecular weight is 587 g/mol. The van der Waals surface area contributed by atoms with Crippen molar-refractivity contribution < 1.29 is 19.1 Å². The summed E-state index contributed by atoms with van der Waals surface area (Å²) in [5.41, 5.74) is 3.35. The maximum absolute atomic E-state index is 13.7. The summed E-state index contributed by atoms with van der Waals surface area (Å²) < 4.78 is 13.5. The molecular weight excluding hydrogens is 556 g/mol. The van der Waals surface area contributed by atoms with Crippen molar-refractivity contribution in [1.82, 2.24) is 19.5 Å². The largest absolute Gasteiger partial charge is 0.463 e. The van der Waals surface area contributed by atoms with Gasteiger partial charge < -0.3 is 19.4 Å². The molecule has 3 aromatic heterocycles. The number of aliphatic imine (C=N–C) groups is 1. The molecule has 0 spiro atoms. The Morgan fingerprint density at radius 2 is 1.81 bits per heavy atom. The van der Waals surface area contributed by atoms with Crippen LogP contribution in [-0.2, 0) is 25.6 Å². The van der Waals surface area contributed by atoms with Gasteiger partial charge in [0.2, 0.25) is 5.91 Å². The molecule has 1 N–H and O–H groups in total. The summed E-state index contributed by atoms with van der Waals surface area (Å²) in [7, 11) is 0. The van der Waals surface area contributed by atoms with Gasteiger partial charge in [-0.05, 0) is 56.7 Å². The number of nitrogens with one attached hydrogen (secondary N) is 1. The van der Waals surface area contributed by atoms with Gasteiger partial charge in [0.25, 0.3) is 0 Å². The second-order valence-electron chi connectivity index (χ2n) is 9.72. The number of aryl methyl sites for hydroxylation is 1. The number of imidazole rings is 1. The number of pyridine rings is 2. The van der Waals surface area contributed by atoms with Crippen molar-refractivity contribution in [2.45, 2.75) is 33.2 Å². The average Bonchev–Trinajstić information content (AvgIpc) is 3.30. The van der Waals surface area contributed by atoms with Gasteiger partial charge in [-0.2, -0.15) is 0 Å². The van der Waals surface area contributed by atoms with Gasteiger partial charge in [-0.25, -0.2) is 19.7 Å². The summed E-state index contributed by atoms with van der Waals surface area (Å²) in [5.74, 6) is -1.33. The van der Waals surface area contributed by atoms with Gasteiger partial charge in [0.05, 0.1) is 37.0 Å². The van der Waals surface area contributed by atoms with Gasteiger partial charge >= 0.3 is 5.97 Å². The van der Waals surface area contributed by atoms with Crippen molar-refractivity contribution >= 4 is 46.2 Å². The van der Waals surface area contributed by atoms with Gasteiger partial charge in [-0.3, -0.25) is 9.79 Å². The smallest absolute Gasteiger partial charge is 0.336 e. The molecule has 5 rings (SSSR count). The fraction of sp³-hybridized carbons (Fsp3) is 0.290. The van der Waals surface area contributed by atoms with Crippen molar-refractivity contribution in [3.05, 3.63) is 94.7 Å². The number of fused-ring (bicyclic) bond motifs is 1. The quantitative estimate of drug-likeness (QED) is 0.202. The number of carbonyl (C=O) groups is 2. The zero-order valence-electron chi connectivity index (χ0n) is 23.6. The number of benzene rings is 1. The lowest BCUT2D eigenvalue weighted by Crippen LogP contribution is -2.39. The fourth-order valence-corrected chi connectivity index (χ4v) is 5.46. The molecule has 10 nitrogen and oxygen atoms in total. The highest BCUT2D eigenvalue weighted by Gasteiger charge is 2.43. The van der Waals surface area contributed by atoms with Crippen molar-refractivity contribution in [3.8, 4) is 0 Å². The number of hydrogen-bond acceptors (Lipinski definition) is 8. The lowest BCUT2D eigenvalue weighted by atomic mass is 9.75. The van der Waals surface area contributed by atoms with E-state index in [1.807, 2.05) is 35.8 Å². The highest BCUT2D eigenvalue weighted by Crippen LogP contribution is 2.42. The summed E-state index contributed by atoms with van der Waals surface area (Å²) >= 11 is 6.67. The Labute approximate surface area is 248 Å². The Hall–Kier alpha value is -4.41. The lowest BCUT2D eigenvalue weighted by Gasteiger charge is -2.33. The van der Waals surface area contributed by atoms with Gasteiger partial charge in [-0.1, -0.05) is 35.9 Å². The molecule has 4 heterocycles. The van der Waals surface area contributed by atoms with Crippen LogP contribution in [0.25, 0.3) is 11.2 Å². The standard InChI is InChI=1S/C31H31ClN6O4/c1-4-42-31(40)28-24(18-41-17-16-38-20(3)36-23-12-9-15-34-29(23)38)35-19(2)26(27(28)21-10-5-6-11-22(21)32)30(39)37-25-13-7-8-14-33-25/h5-15,26-27H,4,16-18H2,1-3H3,(H,33,37,39). The van der Waals surface area contributed by atoms with E-state index in [0.29, 0.717) is 41.0 Å². The second kappa shape index (κ2) is 13.1. The fourth-order valence-electron chi connectivity index (χ4n) is 5.20. The van der Waals surface area contributed by atoms with Crippen molar-refractivity contribution in [3.63, 3.8) is 0 Å². The molecule has 0 aliphatic carbocycles. The number of nitrogens with zero attached hydrogens (tertiary/aromatic N) is 5. The molecule has 0 saturated heterocycles. The van der Waals surface area contributed by atoms with Crippen molar-refractivity contribution in [1.29, 1.82) is 0 Å². The third kappa shape index (κ3) is 6.09. The van der Waals surface area contributed by atoms with Gasteiger partial charge in [0.15, 0.2) is 5.65 Å². The van der Waals surface area contributed by atoms with Gasteiger partial charge in [0.1, 0.15) is 17.2 Å². The van der Waals surface area contributed by atoms with Crippen molar-refractivity contribution in [2.24, 2.45) is 10.9 Å². The van der Waals surface area contributed by atoms with Crippen LogP contribution in [0.1, 0.15) is 31.2 Å². The number of aromatic nitrogens is 4. The van der Waals surface area contributed by atoms with E-state index in [1.165, 1.54) is 0 Å². The molecule has 1 aliphatic rings. The Kier molecular flexibility index (Phi) is 9.04. The highest BCUT2D eigenvalue weighted by atomic mass is 35.5. The monoisotopic (exact) mass is 586 g/mol. The Bertz CT molecular complexity index is 1670. The third-order valence-corrected chi connectivity index (χ3v) is 7.39. The van der Waals surface area contributed by atoms with E-state index in [9.17, 15) is 9.59 Å². The predicted molar refractivity (Wildman–Crippen MR) is 160 cm³/mol. The number of hydrogen-bond donors (Lipinski definition) is 1. The molecule has 2 atom stereocenters. The van der Waals surface area contributed by atoms with Crippen LogP contribution in [-0.4, -0.2) is 56.9 Å². The molecule has 216 valence electrons. The first-order valence-corrected chi connectivity index (χ1v) is 14.0. The first-order valence-electron chi connectivity index (χ1n) is 13.7. The van der Waals surface area contributed by atoms with E-state index in [4.69, 9.17) is 26.1 Å². The summed E-state index contributed by atoms with van der Waals surface area (Å²) in [6.45, 7) is 6.42. The molecule has 1 amide bonds. The number of carbonyl (C=O) groups excluding carboxylic acids is 2. The van der Waals surface area contributed by atoms with E-state index < -0.39 is 17.8 Å². The minimum atomic E-state index is -0.846. The topological polar surface area (TPSA) is 121 Å². The molecule has 1 aromatic carbocycles. The van der Waals surface area contributed by atoms with Crippen LogP contribution < -0.4 is 5.32 Å². The van der Waals surface area contributed by atoms with E-state index in [2.05, 4.69) is 20.3 Å². The molecule has 4 aromatic rings. The zero-order chi connectivity index (χ0) is 29.6. The van der Waals surface area contributed by atoms with E-state index >= 15 is 0 Å². The number of amides is 1. The highest BCUT2D eigenvalue weighted by molar-refractivity contribution is 6.31. The molecular formula is C31H31ClN6O4. The van der Waals surface area contributed by atoms with Crippen LogP contribution in [0, 0.1) is 12.8 Å². The third-order valence-electron chi connectivity index (χ3n) is 7.04. The molecule has 0 radical (unpaired) electrons. The molecule has 0 fully saturated rings. The molecule has 1 aliphatic heterocycles. The molecule has 0 bridgehead atoms. The van der Waals surface area contributed by atoms with Crippen molar-refractivity contribution in [2.75, 3.05) is 25.1 Å². The first-order chi connectivity index (χ1) is 20.4. The van der Waals surface area contributed by atoms with Crippen LogP contribution in [0.2, 0.25) is 5.02 Å². The van der Waals surface area contributed by atoms with Crippen LogP contribution in [0.15, 0.2) is 83.3 Å². The van der Waals surface area contributed by atoms with Gasteiger partial charge in [0, 0.05) is 35.6 Å². The number of halogens is 1. The number of esters is 1. The maximum atomic E-state index is 13.7. The number of rotatable bonds is 10. The van der Waals surface area contributed by atoms with Crippen LogP contribution >= 0.6 is 11.6 Å². The normalized spacial score (nSPS) is 16.8. The van der Waals surface area contributed by atoms with Crippen LogP contribution in [0.3, 0.4) is 0 Å². The Balaban J connectivity index is 1.47. The Morgan fingerprint density at radius 1 is 1.02 bits per heavy atom. The van der Waals surface area contributed by atoms with Crippen LogP contribution in [0.5, 0.6) is 0 Å². The SMILES string of the molecule is CCOC(=O)C1=C(COCCn2c(C)nc3cccnc32)N=C(C)C(C(=O)Nc2ccccn2)C1c1ccccc1Cl. The molecule has 2 unspecified atom stereocenters. The predicted octanol–water partition coefficient (Wildman–Crippen LogP) is 5.14.